The molecule has 5 nitrogen and oxygen atoms in total. The second kappa shape index (κ2) is 7.42. The minimum Gasteiger partial charge on any atom is -0.365 e. The number of rotatable bonds is 7. The first-order chi connectivity index (χ1) is 8.83. The number of methoxy groups -OCH3 is 1. The molecule has 0 aromatic carbocycles. The Morgan fingerprint density at radius 1 is 1.35 bits per heavy atom. The van der Waals surface area contributed by atoms with Gasteiger partial charge in [0.25, 0.3) is 0 Å². The van der Waals surface area contributed by atoms with E-state index in [0.29, 0.717) is 11.9 Å². The van der Waals surface area contributed by atoms with Gasteiger partial charge in [0, 0.05) is 7.11 Å². The van der Waals surface area contributed by atoms with Crippen molar-refractivity contribution in [1.82, 2.24) is 3.71 Å². The Balaban J connectivity index is 5.69. The summed E-state index contributed by atoms with van der Waals surface area (Å²) in [5.74, 6) is 0. The van der Waals surface area contributed by atoms with Crippen LogP contribution in [0.3, 0.4) is 0 Å². The maximum Gasteiger partial charge on any atom is 0.244 e. The van der Waals surface area contributed by atoms with E-state index in [1.54, 1.807) is 6.07 Å². The number of ether oxygens (including phenoxy) is 1. The number of nitrogens with zero attached hydrogens (tertiary/aromatic N) is 2. The Morgan fingerprint density at radius 3 is 2.10 bits per heavy atom. The third kappa shape index (κ3) is 4.68. The summed E-state index contributed by atoms with van der Waals surface area (Å²) >= 11 is 23.5. The largest absolute Gasteiger partial charge is 0.365 e. The monoisotopic (exact) mass is 402 g/mol. The first-order valence-electron chi connectivity index (χ1n) is 5.16. The van der Waals surface area contributed by atoms with Crippen LogP contribution >= 0.6 is 58.4 Å². The Kier molecular flexibility index (Phi) is 7.75. The van der Waals surface area contributed by atoms with Crippen molar-refractivity contribution in [2.75, 3.05) is 7.11 Å². The summed E-state index contributed by atoms with van der Waals surface area (Å²) in [4.78, 5) is -1.26. The van der Waals surface area contributed by atoms with E-state index in [-0.39, 0.29) is 0 Å². The standard InChI is InChI=1S/C9H14Cl4N2O3S2/c1-6(18-4)15(19-9(12,13)7(10)11)20(16,17)8(2,3)5-14/h6-7H,1-4H3. The molecular weight excluding hydrogens is 390 g/mol. The third-order valence-electron chi connectivity index (χ3n) is 2.25. The zero-order valence-corrected chi connectivity index (χ0v) is 15.8. The molecule has 1 unspecified atom stereocenters. The quantitative estimate of drug-likeness (QED) is 0.369. The van der Waals surface area contributed by atoms with Gasteiger partial charge in [-0.3, -0.25) is 0 Å². The topological polar surface area (TPSA) is 70.4 Å². The van der Waals surface area contributed by atoms with E-state index in [2.05, 4.69) is 0 Å². The van der Waals surface area contributed by atoms with Gasteiger partial charge >= 0.3 is 0 Å². The van der Waals surface area contributed by atoms with Gasteiger partial charge in [-0.1, -0.05) is 23.2 Å². The lowest BCUT2D eigenvalue weighted by Gasteiger charge is -2.34. The fourth-order valence-corrected chi connectivity index (χ4v) is 4.68. The molecule has 0 aliphatic carbocycles. The van der Waals surface area contributed by atoms with Gasteiger partial charge in [0.05, 0.1) is 6.07 Å². The highest BCUT2D eigenvalue weighted by molar-refractivity contribution is 8.11. The lowest BCUT2D eigenvalue weighted by molar-refractivity contribution is 0.0701. The molecule has 0 N–H and O–H groups in total. The van der Waals surface area contributed by atoms with Crippen LogP contribution in [0, 0.1) is 11.3 Å². The first-order valence-corrected chi connectivity index (χ1v) is 9.01. The molecule has 0 aliphatic heterocycles. The number of nitriles is 1. The number of hydrogen-bond acceptors (Lipinski definition) is 5. The van der Waals surface area contributed by atoms with Gasteiger partial charge in [0.1, 0.15) is 6.23 Å². The molecule has 0 saturated carbocycles. The van der Waals surface area contributed by atoms with Crippen LogP contribution in [0.1, 0.15) is 20.8 Å². The second-order valence-electron chi connectivity index (χ2n) is 4.17. The maximum absolute atomic E-state index is 12.5. The van der Waals surface area contributed by atoms with Crippen molar-refractivity contribution in [3.63, 3.8) is 0 Å². The average molecular weight is 404 g/mol. The van der Waals surface area contributed by atoms with Crippen LogP contribution in [-0.2, 0) is 14.8 Å². The smallest absolute Gasteiger partial charge is 0.244 e. The highest BCUT2D eigenvalue weighted by Crippen LogP contribution is 2.47. The van der Waals surface area contributed by atoms with Gasteiger partial charge in [-0.05, 0) is 32.7 Å². The summed E-state index contributed by atoms with van der Waals surface area (Å²) in [7, 11) is -2.80. The van der Waals surface area contributed by atoms with E-state index in [1.807, 2.05) is 0 Å². The predicted molar refractivity (Wildman–Crippen MR) is 84.4 cm³/mol. The van der Waals surface area contributed by atoms with Crippen LogP contribution in [0.15, 0.2) is 0 Å². The zero-order valence-electron chi connectivity index (χ0n) is 11.1. The minimum absolute atomic E-state index is 0.473. The van der Waals surface area contributed by atoms with Gasteiger partial charge in [-0.15, -0.1) is 26.9 Å². The van der Waals surface area contributed by atoms with Crippen LogP contribution in [0.4, 0.5) is 0 Å². The van der Waals surface area contributed by atoms with Gasteiger partial charge in [-0.2, -0.15) is 5.26 Å². The fraction of sp³-hybridized carbons (Fsp3) is 0.889. The lowest BCUT2D eigenvalue weighted by Crippen LogP contribution is -2.46. The van der Waals surface area contributed by atoms with E-state index in [0.717, 1.165) is 3.71 Å². The lowest BCUT2D eigenvalue weighted by atomic mass is 10.2. The molecule has 0 saturated heterocycles. The summed E-state index contributed by atoms with van der Waals surface area (Å²) < 4.78 is 27.2. The number of halogens is 4. The van der Waals surface area contributed by atoms with Crippen LogP contribution in [0.2, 0.25) is 0 Å². The van der Waals surface area contributed by atoms with Gasteiger partial charge in [0.2, 0.25) is 13.7 Å². The Morgan fingerprint density at radius 2 is 1.80 bits per heavy atom. The van der Waals surface area contributed by atoms with Crippen molar-refractivity contribution < 1.29 is 13.2 Å². The summed E-state index contributed by atoms with van der Waals surface area (Å²) in [6, 6.07) is 1.71. The van der Waals surface area contributed by atoms with Gasteiger partial charge < -0.3 is 4.74 Å². The van der Waals surface area contributed by atoms with Crippen molar-refractivity contribution in [3.05, 3.63) is 0 Å². The van der Waals surface area contributed by atoms with Crippen LogP contribution in [-0.4, -0.2) is 38.7 Å². The molecule has 0 fully saturated rings. The molecule has 1 atom stereocenters. The highest BCUT2D eigenvalue weighted by atomic mass is 35.5. The minimum atomic E-state index is -4.10. The van der Waals surface area contributed by atoms with Gasteiger partial charge in [0.15, 0.2) is 9.58 Å². The predicted octanol–water partition coefficient (Wildman–Crippen LogP) is 3.50. The second-order valence-corrected chi connectivity index (χ2v) is 10.9. The molecule has 0 aromatic rings. The van der Waals surface area contributed by atoms with Crippen molar-refractivity contribution in [3.8, 4) is 6.07 Å². The Hall–Kier alpha value is 0.870. The van der Waals surface area contributed by atoms with Crippen molar-refractivity contribution >= 4 is 68.4 Å². The van der Waals surface area contributed by atoms with Crippen molar-refractivity contribution in [1.29, 1.82) is 5.26 Å². The number of alkyl halides is 4. The number of hydrogen-bond donors (Lipinski definition) is 0. The van der Waals surface area contributed by atoms with E-state index in [4.69, 9.17) is 56.4 Å². The highest BCUT2D eigenvalue weighted by Gasteiger charge is 2.47. The molecule has 0 heterocycles. The fourth-order valence-electron chi connectivity index (χ4n) is 0.847. The molecule has 20 heavy (non-hydrogen) atoms. The molecule has 0 bridgehead atoms. The third-order valence-corrected chi connectivity index (χ3v) is 8.39. The van der Waals surface area contributed by atoms with E-state index in [9.17, 15) is 8.42 Å². The molecule has 0 rings (SSSR count). The van der Waals surface area contributed by atoms with Crippen LogP contribution in [0.5, 0.6) is 0 Å². The average Bonchev–Trinajstić information content (AvgIpc) is 2.34. The molecular formula is C9H14Cl4N2O3S2. The molecule has 0 radical (unpaired) electrons. The molecule has 0 aromatic heterocycles. The van der Waals surface area contributed by atoms with E-state index >= 15 is 0 Å². The molecule has 118 valence electrons. The summed E-state index contributed by atoms with van der Waals surface area (Å²) in [5.41, 5.74) is 0. The Bertz CT molecular complexity index is 476. The normalized spacial score (nSPS) is 15.4. The maximum atomic E-state index is 12.5. The molecule has 0 amide bonds. The van der Waals surface area contributed by atoms with Crippen molar-refractivity contribution in [2.24, 2.45) is 0 Å². The van der Waals surface area contributed by atoms with E-state index < -0.39 is 29.5 Å². The zero-order chi connectivity index (χ0) is 16.4. The van der Waals surface area contributed by atoms with Crippen LogP contribution < -0.4 is 0 Å². The molecule has 0 spiro atoms. The summed E-state index contributed by atoms with van der Waals surface area (Å²) in [6.07, 6.45) is -0.929. The van der Waals surface area contributed by atoms with Crippen molar-refractivity contribution in [2.45, 2.75) is 40.2 Å². The molecule has 11 heteroatoms. The molecule has 0 aliphatic rings. The number of sulfonamides is 1. The summed E-state index contributed by atoms with van der Waals surface area (Å²) in [5, 5.41) is 9.02. The SMILES string of the molecule is COC(C)N(SC(Cl)(Cl)C(Cl)Cl)S(=O)(=O)C(C)(C)C#N. The van der Waals surface area contributed by atoms with Crippen LogP contribution in [0.25, 0.3) is 0 Å². The first kappa shape index (κ1) is 20.9. The van der Waals surface area contributed by atoms with Gasteiger partial charge in [-0.25, -0.2) is 8.42 Å². The van der Waals surface area contributed by atoms with E-state index in [1.165, 1.54) is 27.9 Å². The Labute approximate surface area is 143 Å². The summed E-state index contributed by atoms with van der Waals surface area (Å²) in [6.45, 7) is 3.96.